The van der Waals surface area contributed by atoms with Gasteiger partial charge in [-0.05, 0) is 56.5 Å². The second-order valence-electron chi connectivity index (χ2n) is 7.75. The predicted octanol–water partition coefficient (Wildman–Crippen LogP) is 4.02. The van der Waals surface area contributed by atoms with Gasteiger partial charge < -0.3 is 19.7 Å². The molecule has 1 atom stereocenters. The number of benzene rings is 2. The molecule has 31 heavy (non-hydrogen) atoms. The van der Waals surface area contributed by atoms with Crippen LogP contribution in [0.25, 0.3) is 0 Å². The molecular weight excluding hydrogens is 392 g/mol. The normalized spacial score (nSPS) is 11.5. The van der Waals surface area contributed by atoms with Crippen LogP contribution in [-0.2, 0) is 16.1 Å². The van der Waals surface area contributed by atoms with E-state index < -0.39 is 6.04 Å². The Bertz CT molecular complexity index is 864. The number of carbonyl (C=O) groups excluding carboxylic acids is 2. The molecule has 0 radical (unpaired) electrons. The van der Waals surface area contributed by atoms with Gasteiger partial charge >= 0.3 is 0 Å². The molecule has 0 heterocycles. The standard InChI is InChI=1S/C25H34N2O4/c1-6-7-14-26-25(29)20(4)27(16-21-9-11-22(30-5)12-10-21)24(28)17-31-23-13-8-18(2)15-19(23)3/h8-13,15,20H,6-7,14,16-17H2,1-5H3,(H,26,29)/t20-/m1/s1. The minimum absolute atomic E-state index is 0.132. The van der Waals surface area contributed by atoms with Crippen LogP contribution >= 0.6 is 0 Å². The minimum atomic E-state index is -0.617. The molecule has 2 rings (SSSR count). The molecule has 2 aromatic carbocycles. The average Bonchev–Trinajstić information content (AvgIpc) is 2.76. The fourth-order valence-corrected chi connectivity index (χ4v) is 3.23. The van der Waals surface area contributed by atoms with Crippen molar-refractivity contribution in [3.05, 3.63) is 59.2 Å². The van der Waals surface area contributed by atoms with E-state index in [-0.39, 0.29) is 18.4 Å². The van der Waals surface area contributed by atoms with Gasteiger partial charge in [0.1, 0.15) is 17.5 Å². The molecule has 0 aliphatic heterocycles. The summed E-state index contributed by atoms with van der Waals surface area (Å²) in [6.45, 7) is 8.56. The van der Waals surface area contributed by atoms with Crippen molar-refractivity contribution >= 4 is 11.8 Å². The van der Waals surface area contributed by atoms with Crippen molar-refractivity contribution in [3.63, 3.8) is 0 Å². The van der Waals surface area contributed by atoms with Crippen molar-refractivity contribution in [1.29, 1.82) is 0 Å². The molecule has 0 unspecified atom stereocenters. The predicted molar refractivity (Wildman–Crippen MR) is 122 cm³/mol. The molecule has 0 fully saturated rings. The summed E-state index contributed by atoms with van der Waals surface area (Å²) >= 11 is 0. The first-order valence-corrected chi connectivity index (χ1v) is 10.8. The van der Waals surface area contributed by atoms with Gasteiger partial charge in [-0.3, -0.25) is 9.59 Å². The summed E-state index contributed by atoms with van der Waals surface area (Å²) in [7, 11) is 1.61. The third kappa shape index (κ3) is 7.31. The van der Waals surface area contributed by atoms with E-state index in [1.807, 2.05) is 56.3 Å². The highest BCUT2D eigenvalue weighted by Gasteiger charge is 2.26. The van der Waals surface area contributed by atoms with Gasteiger partial charge in [-0.2, -0.15) is 0 Å². The second-order valence-corrected chi connectivity index (χ2v) is 7.75. The van der Waals surface area contributed by atoms with Crippen LogP contribution in [0.4, 0.5) is 0 Å². The first-order chi connectivity index (χ1) is 14.8. The van der Waals surface area contributed by atoms with Crippen molar-refractivity contribution in [3.8, 4) is 11.5 Å². The molecule has 0 aliphatic rings. The Balaban J connectivity index is 2.13. The third-order valence-corrected chi connectivity index (χ3v) is 5.19. The summed E-state index contributed by atoms with van der Waals surface area (Å²) in [6.07, 6.45) is 1.90. The van der Waals surface area contributed by atoms with E-state index in [1.54, 1.807) is 18.9 Å². The fourth-order valence-electron chi connectivity index (χ4n) is 3.23. The smallest absolute Gasteiger partial charge is 0.261 e. The number of hydrogen-bond donors (Lipinski definition) is 1. The lowest BCUT2D eigenvalue weighted by Crippen LogP contribution is -2.49. The van der Waals surface area contributed by atoms with E-state index in [2.05, 4.69) is 12.2 Å². The van der Waals surface area contributed by atoms with Crippen LogP contribution in [-0.4, -0.2) is 43.0 Å². The molecule has 0 saturated carbocycles. The van der Waals surface area contributed by atoms with Crippen LogP contribution in [0.1, 0.15) is 43.4 Å². The maximum absolute atomic E-state index is 13.1. The fraction of sp³-hybridized carbons (Fsp3) is 0.440. The van der Waals surface area contributed by atoms with E-state index in [9.17, 15) is 9.59 Å². The quantitative estimate of drug-likeness (QED) is 0.551. The number of nitrogens with zero attached hydrogens (tertiary/aromatic N) is 1. The number of carbonyl (C=O) groups is 2. The van der Waals surface area contributed by atoms with Crippen molar-refractivity contribution < 1.29 is 19.1 Å². The van der Waals surface area contributed by atoms with E-state index >= 15 is 0 Å². The SMILES string of the molecule is CCCCNC(=O)[C@@H](C)N(Cc1ccc(OC)cc1)C(=O)COc1ccc(C)cc1C. The Kier molecular flexibility index (Phi) is 9.38. The highest BCUT2D eigenvalue weighted by atomic mass is 16.5. The lowest BCUT2D eigenvalue weighted by atomic mass is 10.1. The Morgan fingerprint density at radius 1 is 1.10 bits per heavy atom. The van der Waals surface area contributed by atoms with Gasteiger partial charge in [0.25, 0.3) is 5.91 Å². The molecule has 0 aliphatic carbocycles. The highest BCUT2D eigenvalue weighted by molar-refractivity contribution is 5.88. The lowest BCUT2D eigenvalue weighted by molar-refractivity contribution is -0.142. The highest BCUT2D eigenvalue weighted by Crippen LogP contribution is 2.20. The van der Waals surface area contributed by atoms with Crippen molar-refractivity contribution in [2.24, 2.45) is 0 Å². The number of aryl methyl sites for hydroxylation is 2. The molecule has 2 amide bonds. The van der Waals surface area contributed by atoms with Crippen LogP contribution in [0.2, 0.25) is 0 Å². The van der Waals surface area contributed by atoms with Crippen LogP contribution in [0.3, 0.4) is 0 Å². The van der Waals surface area contributed by atoms with E-state index in [0.717, 1.165) is 35.3 Å². The van der Waals surface area contributed by atoms with E-state index in [0.29, 0.717) is 18.8 Å². The Morgan fingerprint density at radius 3 is 2.42 bits per heavy atom. The molecule has 0 saturated heterocycles. The summed E-state index contributed by atoms with van der Waals surface area (Å²) in [4.78, 5) is 27.3. The second kappa shape index (κ2) is 12.0. The summed E-state index contributed by atoms with van der Waals surface area (Å²) in [6, 6.07) is 12.7. The van der Waals surface area contributed by atoms with Crippen molar-refractivity contribution in [2.45, 2.75) is 53.1 Å². The zero-order valence-corrected chi connectivity index (χ0v) is 19.2. The Labute approximate surface area is 185 Å². The molecular formula is C25H34N2O4. The maximum Gasteiger partial charge on any atom is 0.261 e. The third-order valence-electron chi connectivity index (χ3n) is 5.19. The molecule has 0 bridgehead atoms. The van der Waals surface area contributed by atoms with Crippen LogP contribution < -0.4 is 14.8 Å². The molecule has 2 aromatic rings. The van der Waals surface area contributed by atoms with Crippen LogP contribution in [0, 0.1) is 13.8 Å². The minimum Gasteiger partial charge on any atom is -0.497 e. The molecule has 6 nitrogen and oxygen atoms in total. The summed E-state index contributed by atoms with van der Waals surface area (Å²) in [5, 5.41) is 2.92. The van der Waals surface area contributed by atoms with Crippen molar-refractivity contribution in [1.82, 2.24) is 10.2 Å². The van der Waals surface area contributed by atoms with E-state index in [1.165, 1.54) is 0 Å². The summed E-state index contributed by atoms with van der Waals surface area (Å²) in [5.41, 5.74) is 3.02. The lowest BCUT2D eigenvalue weighted by Gasteiger charge is -2.29. The summed E-state index contributed by atoms with van der Waals surface area (Å²) in [5.74, 6) is 1.00. The zero-order chi connectivity index (χ0) is 22.8. The van der Waals surface area contributed by atoms with Gasteiger partial charge in [-0.1, -0.05) is 43.2 Å². The molecule has 0 aromatic heterocycles. The number of nitrogens with one attached hydrogen (secondary N) is 1. The number of methoxy groups -OCH3 is 1. The number of unbranched alkanes of at least 4 members (excludes halogenated alkanes) is 1. The zero-order valence-electron chi connectivity index (χ0n) is 19.2. The monoisotopic (exact) mass is 426 g/mol. The Morgan fingerprint density at radius 2 is 1.81 bits per heavy atom. The number of rotatable bonds is 11. The molecule has 6 heteroatoms. The summed E-state index contributed by atoms with van der Waals surface area (Å²) < 4.78 is 11.0. The first-order valence-electron chi connectivity index (χ1n) is 10.8. The number of hydrogen-bond acceptors (Lipinski definition) is 4. The van der Waals surface area contributed by atoms with Crippen molar-refractivity contribution in [2.75, 3.05) is 20.3 Å². The Hall–Kier alpha value is -3.02. The average molecular weight is 427 g/mol. The number of amides is 2. The number of ether oxygens (including phenoxy) is 2. The topological polar surface area (TPSA) is 67.9 Å². The van der Waals surface area contributed by atoms with Gasteiger partial charge in [-0.15, -0.1) is 0 Å². The van der Waals surface area contributed by atoms with Gasteiger partial charge in [-0.25, -0.2) is 0 Å². The van der Waals surface area contributed by atoms with Gasteiger partial charge in [0.15, 0.2) is 6.61 Å². The van der Waals surface area contributed by atoms with Gasteiger partial charge in [0.05, 0.1) is 7.11 Å². The largest absolute Gasteiger partial charge is 0.497 e. The first kappa shape index (κ1) is 24.3. The van der Waals surface area contributed by atoms with Gasteiger partial charge in [0.2, 0.25) is 5.91 Å². The van der Waals surface area contributed by atoms with Gasteiger partial charge in [0, 0.05) is 13.1 Å². The molecule has 168 valence electrons. The van der Waals surface area contributed by atoms with Crippen LogP contribution in [0.15, 0.2) is 42.5 Å². The molecule has 0 spiro atoms. The van der Waals surface area contributed by atoms with E-state index in [4.69, 9.17) is 9.47 Å². The maximum atomic E-state index is 13.1. The molecule has 1 N–H and O–H groups in total. The van der Waals surface area contributed by atoms with Crippen LogP contribution in [0.5, 0.6) is 11.5 Å².